The molecule has 2 aromatic carbocycles. The van der Waals surface area contributed by atoms with Crippen molar-refractivity contribution in [3.63, 3.8) is 0 Å². The Balaban J connectivity index is 1.97. The van der Waals surface area contributed by atoms with Gasteiger partial charge in [0.1, 0.15) is 5.82 Å². The van der Waals surface area contributed by atoms with E-state index in [2.05, 4.69) is 43.4 Å². The van der Waals surface area contributed by atoms with Gasteiger partial charge in [-0.05, 0) is 49.1 Å². The minimum atomic E-state index is -0.127. The van der Waals surface area contributed by atoms with Crippen molar-refractivity contribution in [2.45, 2.75) is 32.7 Å². The Kier molecular flexibility index (Phi) is 4.56. The monoisotopic (exact) mass is 257 g/mol. The standard InChI is InChI=1S/C17H20FN/c1-3-14-8-10-16(11-9-14)19-13(2)12-15-6-4-5-7-17(15)18/h4-11,13,19H,3,12H2,1-2H3. The van der Waals surface area contributed by atoms with Crippen LogP contribution in [-0.2, 0) is 12.8 Å². The van der Waals surface area contributed by atoms with Crippen molar-refractivity contribution in [1.29, 1.82) is 0 Å². The summed E-state index contributed by atoms with van der Waals surface area (Å²) in [4.78, 5) is 0. The Labute approximate surface area is 114 Å². The Morgan fingerprint density at radius 2 is 1.74 bits per heavy atom. The molecule has 1 atom stereocenters. The topological polar surface area (TPSA) is 12.0 Å². The van der Waals surface area contributed by atoms with Gasteiger partial charge in [-0.15, -0.1) is 0 Å². The third-order valence-electron chi connectivity index (χ3n) is 3.26. The summed E-state index contributed by atoms with van der Waals surface area (Å²) in [5, 5.41) is 3.40. The molecular weight excluding hydrogens is 237 g/mol. The van der Waals surface area contributed by atoms with Crippen LogP contribution in [0.4, 0.5) is 10.1 Å². The molecule has 0 saturated heterocycles. The number of nitrogens with one attached hydrogen (secondary N) is 1. The largest absolute Gasteiger partial charge is 0.382 e. The van der Waals surface area contributed by atoms with Crippen molar-refractivity contribution in [2.24, 2.45) is 0 Å². The molecule has 1 N–H and O–H groups in total. The van der Waals surface area contributed by atoms with Crippen LogP contribution in [-0.4, -0.2) is 6.04 Å². The first-order chi connectivity index (χ1) is 9.19. The van der Waals surface area contributed by atoms with Crippen molar-refractivity contribution in [3.05, 3.63) is 65.5 Å². The van der Waals surface area contributed by atoms with Crippen LogP contribution < -0.4 is 5.32 Å². The molecule has 0 saturated carbocycles. The highest BCUT2D eigenvalue weighted by Crippen LogP contribution is 2.14. The van der Waals surface area contributed by atoms with Gasteiger partial charge in [-0.3, -0.25) is 0 Å². The zero-order chi connectivity index (χ0) is 13.7. The van der Waals surface area contributed by atoms with Crippen LogP contribution in [0.1, 0.15) is 25.0 Å². The molecule has 2 heteroatoms. The molecule has 0 spiro atoms. The minimum absolute atomic E-state index is 0.127. The first-order valence-corrected chi connectivity index (χ1v) is 6.78. The van der Waals surface area contributed by atoms with Crippen LogP contribution in [0.25, 0.3) is 0 Å². The summed E-state index contributed by atoms with van der Waals surface area (Å²) in [5.41, 5.74) is 3.17. The highest BCUT2D eigenvalue weighted by atomic mass is 19.1. The smallest absolute Gasteiger partial charge is 0.126 e. The second-order valence-electron chi connectivity index (χ2n) is 4.89. The predicted molar refractivity (Wildman–Crippen MR) is 79.0 cm³/mol. The molecule has 100 valence electrons. The van der Waals surface area contributed by atoms with E-state index >= 15 is 0 Å². The predicted octanol–water partition coefficient (Wildman–Crippen LogP) is 4.43. The van der Waals surface area contributed by atoms with Crippen LogP contribution in [0, 0.1) is 5.82 Å². The van der Waals surface area contributed by atoms with E-state index in [9.17, 15) is 4.39 Å². The van der Waals surface area contributed by atoms with E-state index in [0.717, 1.165) is 17.7 Å². The summed E-state index contributed by atoms with van der Waals surface area (Å²) >= 11 is 0. The molecule has 0 amide bonds. The third kappa shape index (κ3) is 3.82. The molecule has 1 unspecified atom stereocenters. The normalized spacial score (nSPS) is 12.2. The van der Waals surface area contributed by atoms with Crippen molar-refractivity contribution in [1.82, 2.24) is 0 Å². The SMILES string of the molecule is CCc1ccc(NC(C)Cc2ccccc2F)cc1. The van der Waals surface area contributed by atoms with E-state index < -0.39 is 0 Å². The van der Waals surface area contributed by atoms with Crippen LogP contribution >= 0.6 is 0 Å². The molecule has 0 heterocycles. The van der Waals surface area contributed by atoms with Crippen LogP contribution in [0.2, 0.25) is 0 Å². The number of hydrogen-bond acceptors (Lipinski definition) is 1. The molecule has 0 aliphatic rings. The summed E-state index contributed by atoms with van der Waals surface area (Å²) in [6, 6.07) is 15.6. The zero-order valence-corrected chi connectivity index (χ0v) is 11.5. The lowest BCUT2D eigenvalue weighted by molar-refractivity contribution is 0.601. The molecule has 19 heavy (non-hydrogen) atoms. The summed E-state index contributed by atoms with van der Waals surface area (Å²) < 4.78 is 13.6. The summed E-state index contributed by atoms with van der Waals surface area (Å²) in [6.45, 7) is 4.21. The van der Waals surface area contributed by atoms with Gasteiger partial charge in [-0.1, -0.05) is 37.3 Å². The highest BCUT2D eigenvalue weighted by Gasteiger charge is 2.07. The minimum Gasteiger partial charge on any atom is -0.382 e. The van der Waals surface area contributed by atoms with Gasteiger partial charge in [0.05, 0.1) is 0 Å². The van der Waals surface area contributed by atoms with E-state index in [1.807, 2.05) is 12.1 Å². The average molecular weight is 257 g/mol. The number of rotatable bonds is 5. The maximum atomic E-state index is 13.6. The Hall–Kier alpha value is -1.83. The van der Waals surface area contributed by atoms with Gasteiger partial charge < -0.3 is 5.32 Å². The van der Waals surface area contributed by atoms with Crippen molar-refractivity contribution in [3.8, 4) is 0 Å². The Bertz CT molecular complexity index is 519. The lowest BCUT2D eigenvalue weighted by atomic mass is 10.1. The first-order valence-electron chi connectivity index (χ1n) is 6.78. The second-order valence-corrected chi connectivity index (χ2v) is 4.89. The molecule has 0 radical (unpaired) electrons. The summed E-state index contributed by atoms with van der Waals surface area (Å²) in [6.07, 6.45) is 1.73. The fourth-order valence-corrected chi connectivity index (χ4v) is 2.17. The van der Waals surface area contributed by atoms with Crippen molar-refractivity contribution in [2.75, 3.05) is 5.32 Å². The molecule has 0 fully saturated rings. The van der Waals surface area contributed by atoms with Gasteiger partial charge in [-0.2, -0.15) is 0 Å². The van der Waals surface area contributed by atoms with Crippen LogP contribution in [0.15, 0.2) is 48.5 Å². The van der Waals surface area contributed by atoms with Crippen molar-refractivity contribution < 1.29 is 4.39 Å². The van der Waals surface area contributed by atoms with E-state index in [0.29, 0.717) is 6.42 Å². The number of anilines is 1. The van der Waals surface area contributed by atoms with Gasteiger partial charge in [-0.25, -0.2) is 4.39 Å². The summed E-state index contributed by atoms with van der Waals surface area (Å²) in [7, 11) is 0. The molecule has 0 aromatic heterocycles. The molecular formula is C17H20FN. The van der Waals surface area contributed by atoms with Gasteiger partial charge >= 0.3 is 0 Å². The van der Waals surface area contributed by atoms with Gasteiger partial charge in [0.15, 0.2) is 0 Å². The third-order valence-corrected chi connectivity index (χ3v) is 3.26. The average Bonchev–Trinajstić information content (AvgIpc) is 2.42. The van der Waals surface area contributed by atoms with Crippen LogP contribution in [0.5, 0.6) is 0 Å². The van der Waals surface area contributed by atoms with Crippen molar-refractivity contribution >= 4 is 5.69 Å². The number of halogens is 1. The fraction of sp³-hybridized carbons (Fsp3) is 0.294. The fourth-order valence-electron chi connectivity index (χ4n) is 2.17. The molecule has 2 rings (SSSR count). The molecule has 0 aliphatic heterocycles. The maximum absolute atomic E-state index is 13.6. The van der Waals surface area contributed by atoms with Crippen LogP contribution in [0.3, 0.4) is 0 Å². The zero-order valence-electron chi connectivity index (χ0n) is 11.5. The van der Waals surface area contributed by atoms with E-state index in [1.54, 1.807) is 6.07 Å². The first kappa shape index (κ1) is 13.6. The Morgan fingerprint density at radius 1 is 1.05 bits per heavy atom. The lowest BCUT2D eigenvalue weighted by Crippen LogP contribution is -2.18. The molecule has 2 aromatic rings. The molecule has 1 nitrogen and oxygen atoms in total. The number of aryl methyl sites for hydroxylation is 1. The van der Waals surface area contributed by atoms with Gasteiger partial charge in [0.2, 0.25) is 0 Å². The number of benzene rings is 2. The second kappa shape index (κ2) is 6.37. The van der Waals surface area contributed by atoms with E-state index in [1.165, 1.54) is 11.6 Å². The van der Waals surface area contributed by atoms with E-state index in [-0.39, 0.29) is 11.9 Å². The molecule has 0 bridgehead atoms. The van der Waals surface area contributed by atoms with Gasteiger partial charge in [0.25, 0.3) is 0 Å². The Morgan fingerprint density at radius 3 is 2.37 bits per heavy atom. The maximum Gasteiger partial charge on any atom is 0.126 e. The lowest BCUT2D eigenvalue weighted by Gasteiger charge is -2.16. The highest BCUT2D eigenvalue weighted by molar-refractivity contribution is 5.45. The summed E-state index contributed by atoms with van der Waals surface area (Å²) in [5.74, 6) is -0.127. The van der Waals surface area contributed by atoms with Gasteiger partial charge in [0, 0.05) is 11.7 Å². The van der Waals surface area contributed by atoms with E-state index in [4.69, 9.17) is 0 Å². The quantitative estimate of drug-likeness (QED) is 0.835. The molecule has 0 aliphatic carbocycles. The number of hydrogen-bond donors (Lipinski definition) is 1.